The highest BCUT2D eigenvalue weighted by molar-refractivity contribution is 6.25. The maximum absolute atomic E-state index is 13.2. The zero-order valence-electron chi connectivity index (χ0n) is 18.6. The molecule has 1 aromatic heterocycles. The maximum atomic E-state index is 13.2. The molecule has 1 saturated heterocycles. The zero-order chi connectivity index (χ0) is 23.1. The van der Waals surface area contributed by atoms with Gasteiger partial charge in [0.2, 0.25) is 5.89 Å². The first kappa shape index (κ1) is 20.9. The van der Waals surface area contributed by atoms with Crippen molar-refractivity contribution in [1.82, 2.24) is 9.99 Å². The van der Waals surface area contributed by atoms with Crippen molar-refractivity contribution in [2.75, 3.05) is 12.0 Å². The number of ether oxygens (including phenoxy) is 1. The van der Waals surface area contributed by atoms with E-state index in [0.717, 1.165) is 17.5 Å². The monoisotopic (exact) mass is 445 g/mol. The molecular formula is C24H23N5O4. The number of fused-ring (bicyclic) bond motifs is 1. The molecule has 1 fully saturated rings. The molecular weight excluding hydrogens is 422 g/mol. The average Bonchev–Trinajstić information content (AvgIpc) is 3.49. The topological polar surface area (TPSA) is 101 Å². The van der Waals surface area contributed by atoms with Crippen molar-refractivity contribution in [1.29, 1.82) is 0 Å². The zero-order valence-corrected chi connectivity index (χ0v) is 18.6. The fourth-order valence-corrected chi connectivity index (χ4v) is 4.15. The quantitative estimate of drug-likeness (QED) is 0.536. The van der Waals surface area contributed by atoms with Gasteiger partial charge in [0.05, 0.1) is 24.9 Å². The Hall–Kier alpha value is -4.01. The number of para-hydroxylation sites is 1. The molecule has 0 bridgehead atoms. The third-order valence-corrected chi connectivity index (χ3v) is 6.00. The molecule has 0 saturated carbocycles. The number of nitrogens with zero attached hydrogens (tertiary/aromatic N) is 5. The third-order valence-electron chi connectivity index (χ3n) is 6.00. The first-order chi connectivity index (χ1) is 16.0. The number of aryl methyl sites for hydroxylation is 2. The van der Waals surface area contributed by atoms with Crippen LogP contribution in [0.2, 0.25) is 0 Å². The summed E-state index contributed by atoms with van der Waals surface area (Å²) in [5.74, 6) is 0.947. The van der Waals surface area contributed by atoms with E-state index < -0.39 is 12.1 Å². The summed E-state index contributed by atoms with van der Waals surface area (Å²) in [6.45, 7) is 4.04. The number of benzene rings is 2. The molecule has 2 aliphatic rings. The summed E-state index contributed by atoms with van der Waals surface area (Å²) in [6.07, 6.45) is 0.878. The van der Waals surface area contributed by atoms with Gasteiger partial charge in [-0.25, -0.2) is 9.88 Å². The van der Waals surface area contributed by atoms with Crippen molar-refractivity contribution in [3.63, 3.8) is 0 Å². The second kappa shape index (κ2) is 8.16. The van der Waals surface area contributed by atoms with Gasteiger partial charge in [-0.15, -0.1) is 0 Å². The Morgan fingerprint density at radius 1 is 1.06 bits per heavy atom. The molecule has 0 unspecified atom stereocenters. The molecule has 0 N–H and O–H groups in total. The van der Waals surface area contributed by atoms with E-state index >= 15 is 0 Å². The summed E-state index contributed by atoms with van der Waals surface area (Å²) in [7, 11) is 1.59. The highest BCUT2D eigenvalue weighted by atomic mass is 16.5. The minimum atomic E-state index is -0.857. The number of carbonyl (C=O) groups is 2. The number of imide groups is 1. The number of amides is 2. The second-order valence-electron chi connectivity index (χ2n) is 7.95. The highest BCUT2D eigenvalue weighted by Gasteiger charge is 2.54. The molecule has 9 nitrogen and oxygen atoms in total. The maximum Gasteiger partial charge on any atom is 0.263 e. The lowest BCUT2D eigenvalue weighted by Crippen LogP contribution is -2.39. The van der Waals surface area contributed by atoms with E-state index in [0.29, 0.717) is 28.8 Å². The fourth-order valence-electron chi connectivity index (χ4n) is 4.15. The van der Waals surface area contributed by atoms with Gasteiger partial charge in [-0.2, -0.15) is 5.11 Å². The number of carbonyl (C=O) groups excluding carboxylic acids is 2. The average molecular weight is 445 g/mol. The van der Waals surface area contributed by atoms with Gasteiger partial charge in [-0.05, 0) is 43.2 Å². The number of methoxy groups -OCH3 is 1. The van der Waals surface area contributed by atoms with Gasteiger partial charge >= 0.3 is 0 Å². The van der Waals surface area contributed by atoms with Crippen molar-refractivity contribution in [3.8, 4) is 17.2 Å². The molecule has 2 amide bonds. The third kappa shape index (κ3) is 3.45. The second-order valence-corrected chi connectivity index (χ2v) is 7.95. The molecule has 2 aromatic carbocycles. The number of oxazole rings is 1. The minimum absolute atomic E-state index is 0.191. The first-order valence-corrected chi connectivity index (χ1v) is 10.8. The molecule has 33 heavy (non-hydrogen) atoms. The number of rotatable bonds is 6. The molecule has 3 aromatic rings. The fraction of sp³-hybridized carbons (Fsp3) is 0.292. The Labute approximate surface area is 190 Å². The first-order valence-electron chi connectivity index (χ1n) is 10.8. The van der Waals surface area contributed by atoms with Crippen LogP contribution >= 0.6 is 0 Å². The van der Waals surface area contributed by atoms with Crippen LogP contribution in [0.15, 0.2) is 63.3 Å². The lowest BCUT2D eigenvalue weighted by atomic mass is 10.1. The SMILES string of the molecule is CCc1ccc(N2C(=O)[C@@H]3N=NN(Cc4nc(-c5ccccc5OC)oc4C)[C@H]3C2=O)cc1. The van der Waals surface area contributed by atoms with Crippen LogP contribution in [0.25, 0.3) is 11.5 Å². The predicted octanol–water partition coefficient (Wildman–Crippen LogP) is 3.71. The van der Waals surface area contributed by atoms with Crippen LogP contribution in [-0.4, -0.2) is 41.0 Å². The van der Waals surface area contributed by atoms with E-state index in [1.807, 2.05) is 36.4 Å². The molecule has 9 heteroatoms. The van der Waals surface area contributed by atoms with Crippen LogP contribution in [0.4, 0.5) is 5.69 Å². The van der Waals surface area contributed by atoms with Crippen LogP contribution in [0.5, 0.6) is 5.75 Å². The van der Waals surface area contributed by atoms with Crippen LogP contribution in [-0.2, 0) is 22.6 Å². The Morgan fingerprint density at radius 3 is 2.55 bits per heavy atom. The summed E-state index contributed by atoms with van der Waals surface area (Å²) in [6, 6.07) is 13.2. The lowest BCUT2D eigenvalue weighted by Gasteiger charge is -2.20. The molecule has 5 rings (SSSR count). The van der Waals surface area contributed by atoms with Gasteiger partial charge in [-0.3, -0.25) is 14.6 Å². The number of hydrogen-bond acceptors (Lipinski definition) is 8. The minimum Gasteiger partial charge on any atom is -0.496 e. The Kier molecular flexibility index (Phi) is 5.16. The summed E-state index contributed by atoms with van der Waals surface area (Å²) >= 11 is 0. The van der Waals surface area contributed by atoms with E-state index in [1.54, 1.807) is 26.2 Å². The van der Waals surface area contributed by atoms with Crippen molar-refractivity contribution in [2.45, 2.75) is 38.9 Å². The normalized spacial score (nSPS) is 19.5. The molecule has 0 radical (unpaired) electrons. The van der Waals surface area contributed by atoms with Gasteiger partial charge in [0.15, 0.2) is 12.1 Å². The Balaban J connectivity index is 1.39. The molecule has 168 valence electrons. The predicted molar refractivity (Wildman–Crippen MR) is 120 cm³/mol. The van der Waals surface area contributed by atoms with Crippen molar-refractivity contribution < 1.29 is 18.7 Å². The largest absolute Gasteiger partial charge is 0.496 e. The summed E-state index contributed by atoms with van der Waals surface area (Å²) < 4.78 is 11.3. The lowest BCUT2D eigenvalue weighted by molar-refractivity contribution is -0.123. The van der Waals surface area contributed by atoms with Gasteiger partial charge in [0.1, 0.15) is 17.2 Å². The Bertz CT molecular complexity index is 1250. The summed E-state index contributed by atoms with van der Waals surface area (Å²) in [5, 5.41) is 9.73. The molecule has 0 spiro atoms. The van der Waals surface area contributed by atoms with Crippen LogP contribution in [0.3, 0.4) is 0 Å². The van der Waals surface area contributed by atoms with Crippen LogP contribution in [0, 0.1) is 6.92 Å². The standard InChI is InChI=1S/C24H23N5O4/c1-4-15-9-11-16(12-10-15)29-23(30)20-21(24(29)31)28(27-26-20)13-18-14(2)33-22(25-18)17-7-5-6-8-19(17)32-3/h5-12,20-21H,4,13H2,1-3H3/t20-,21-/m1/s1. The van der Waals surface area contributed by atoms with Crippen molar-refractivity contribution >= 4 is 17.5 Å². The van der Waals surface area contributed by atoms with E-state index in [1.165, 1.54) is 9.91 Å². The van der Waals surface area contributed by atoms with Crippen LogP contribution in [0.1, 0.15) is 23.9 Å². The van der Waals surface area contributed by atoms with Gasteiger partial charge in [0, 0.05) is 0 Å². The van der Waals surface area contributed by atoms with Gasteiger partial charge in [0.25, 0.3) is 11.8 Å². The summed E-state index contributed by atoms with van der Waals surface area (Å²) in [4.78, 5) is 32.0. The number of aromatic nitrogens is 1. The van der Waals surface area contributed by atoms with Crippen molar-refractivity contribution in [2.24, 2.45) is 10.3 Å². The van der Waals surface area contributed by atoms with Gasteiger partial charge in [-0.1, -0.05) is 36.4 Å². The molecule has 3 heterocycles. The van der Waals surface area contributed by atoms with Crippen LogP contribution < -0.4 is 9.64 Å². The molecule has 0 aliphatic carbocycles. The Morgan fingerprint density at radius 2 is 1.82 bits per heavy atom. The highest BCUT2D eigenvalue weighted by Crippen LogP contribution is 2.35. The van der Waals surface area contributed by atoms with Gasteiger partial charge < -0.3 is 9.15 Å². The van der Waals surface area contributed by atoms with E-state index in [9.17, 15) is 9.59 Å². The number of hydrogen-bond donors (Lipinski definition) is 0. The number of anilines is 1. The van der Waals surface area contributed by atoms with E-state index in [4.69, 9.17) is 9.15 Å². The molecule has 2 aliphatic heterocycles. The van der Waals surface area contributed by atoms with E-state index in [-0.39, 0.29) is 18.4 Å². The van der Waals surface area contributed by atoms with E-state index in [2.05, 4.69) is 22.2 Å². The molecule has 2 atom stereocenters. The smallest absolute Gasteiger partial charge is 0.263 e. The van der Waals surface area contributed by atoms with Crippen molar-refractivity contribution in [3.05, 3.63) is 65.5 Å². The summed E-state index contributed by atoms with van der Waals surface area (Å²) in [5.41, 5.74) is 3.01.